The zero-order valence-corrected chi connectivity index (χ0v) is 13.7. The number of hydrogen-bond acceptors (Lipinski definition) is 3. The summed E-state index contributed by atoms with van der Waals surface area (Å²) in [6, 6.07) is 6.07. The van der Waals surface area contributed by atoms with Crippen molar-refractivity contribution in [3.05, 3.63) is 35.6 Å². The Hall–Kier alpha value is -0.590. The molecule has 2 atom stereocenters. The molecule has 0 aromatic heterocycles. The minimum absolute atomic E-state index is 0.0236. The van der Waals surface area contributed by atoms with Gasteiger partial charge in [-0.15, -0.1) is 0 Å². The monoisotopic (exact) mass is 329 g/mol. The Morgan fingerprint density at radius 3 is 2.29 bits per heavy atom. The van der Waals surface area contributed by atoms with Crippen LogP contribution in [0.2, 0.25) is 0 Å². The molecule has 0 radical (unpaired) electrons. The average molecular weight is 329 g/mol. The molecular formula is C15H20FNO2S2. The van der Waals surface area contributed by atoms with Gasteiger partial charge in [-0.2, -0.15) is 16.1 Å². The Morgan fingerprint density at radius 1 is 1.19 bits per heavy atom. The van der Waals surface area contributed by atoms with Gasteiger partial charge in [-0.1, -0.05) is 12.1 Å². The standard InChI is InChI=1S/C15H20FNO2S2/c1-20-15-8-13-6-7-14(9-15)17(13)21(18,19)10-11-2-4-12(16)5-3-11/h2-5,13-15H,6-10H2,1H3. The van der Waals surface area contributed by atoms with Crippen molar-refractivity contribution in [2.75, 3.05) is 6.26 Å². The SMILES string of the molecule is CSC1CC2CCC(C1)N2S(=O)(=O)Cc1ccc(F)cc1. The molecule has 0 spiro atoms. The highest BCUT2D eigenvalue weighted by molar-refractivity contribution is 7.99. The molecule has 0 N–H and O–H groups in total. The highest BCUT2D eigenvalue weighted by atomic mass is 32.2. The van der Waals surface area contributed by atoms with E-state index in [2.05, 4.69) is 6.26 Å². The van der Waals surface area contributed by atoms with Gasteiger partial charge in [-0.25, -0.2) is 12.8 Å². The van der Waals surface area contributed by atoms with E-state index >= 15 is 0 Å². The van der Waals surface area contributed by atoms with Gasteiger partial charge < -0.3 is 0 Å². The van der Waals surface area contributed by atoms with Gasteiger partial charge in [0.05, 0.1) is 5.75 Å². The van der Waals surface area contributed by atoms with Gasteiger partial charge in [0.15, 0.2) is 0 Å². The van der Waals surface area contributed by atoms with Crippen molar-refractivity contribution < 1.29 is 12.8 Å². The maximum Gasteiger partial charge on any atom is 0.218 e. The van der Waals surface area contributed by atoms with Crippen molar-refractivity contribution in [3.63, 3.8) is 0 Å². The lowest BCUT2D eigenvalue weighted by Gasteiger charge is -2.37. The number of nitrogens with zero attached hydrogens (tertiary/aromatic N) is 1. The number of fused-ring (bicyclic) bond motifs is 2. The van der Waals surface area contributed by atoms with Crippen molar-refractivity contribution >= 4 is 21.8 Å². The Bertz CT molecular complexity index is 589. The molecule has 2 saturated heterocycles. The molecule has 116 valence electrons. The number of sulfonamides is 1. The first-order chi connectivity index (χ1) is 9.99. The maximum absolute atomic E-state index is 12.9. The molecule has 3 rings (SSSR count). The fourth-order valence-electron chi connectivity index (χ4n) is 3.60. The lowest BCUT2D eigenvalue weighted by molar-refractivity contribution is 0.253. The van der Waals surface area contributed by atoms with Crippen LogP contribution in [0.1, 0.15) is 31.2 Å². The summed E-state index contributed by atoms with van der Waals surface area (Å²) in [5.74, 6) is -0.360. The Kier molecular flexibility index (Phi) is 4.30. The molecule has 2 aliphatic heterocycles. The molecule has 0 saturated carbocycles. The van der Waals surface area contributed by atoms with Gasteiger partial charge in [0.25, 0.3) is 0 Å². The summed E-state index contributed by atoms with van der Waals surface area (Å²) in [5.41, 5.74) is 0.655. The van der Waals surface area contributed by atoms with Gasteiger partial charge in [0, 0.05) is 17.3 Å². The van der Waals surface area contributed by atoms with Crippen LogP contribution in [-0.2, 0) is 15.8 Å². The largest absolute Gasteiger partial charge is 0.218 e. The predicted octanol–water partition coefficient (Wildman–Crippen LogP) is 3.01. The quantitative estimate of drug-likeness (QED) is 0.852. The second-order valence-corrected chi connectivity index (χ2v) is 8.94. The molecule has 2 fully saturated rings. The lowest BCUT2D eigenvalue weighted by Crippen LogP contribution is -2.47. The van der Waals surface area contributed by atoms with Crippen LogP contribution < -0.4 is 0 Å². The summed E-state index contributed by atoms with van der Waals surface area (Å²) in [4.78, 5) is 0. The van der Waals surface area contributed by atoms with Crippen LogP contribution in [0, 0.1) is 5.82 Å². The zero-order valence-electron chi connectivity index (χ0n) is 12.0. The molecule has 1 aromatic carbocycles. The Balaban J connectivity index is 1.78. The van der Waals surface area contributed by atoms with E-state index in [1.165, 1.54) is 12.1 Å². The van der Waals surface area contributed by atoms with E-state index in [4.69, 9.17) is 0 Å². The van der Waals surface area contributed by atoms with E-state index in [1.807, 2.05) is 11.8 Å². The van der Waals surface area contributed by atoms with Gasteiger partial charge in [-0.3, -0.25) is 0 Å². The third kappa shape index (κ3) is 3.12. The smallest absolute Gasteiger partial charge is 0.212 e. The summed E-state index contributed by atoms with van der Waals surface area (Å²) in [5, 5.41) is 0.583. The minimum atomic E-state index is -3.32. The molecular weight excluding hydrogens is 309 g/mol. The number of piperidine rings is 1. The van der Waals surface area contributed by atoms with Crippen LogP contribution in [0.25, 0.3) is 0 Å². The highest BCUT2D eigenvalue weighted by Gasteiger charge is 2.46. The molecule has 2 unspecified atom stereocenters. The first-order valence-electron chi connectivity index (χ1n) is 7.28. The van der Waals surface area contributed by atoms with E-state index in [9.17, 15) is 12.8 Å². The number of thioether (sulfide) groups is 1. The summed E-state index contributed by atoms with van der Waals surface area (Å²) in [6.07, 6.45) is 5.97. The zero-order chi connectivity index (χ0) is 15.0. The van der Waals surface area contributed by atoms with Crippen molar-refractivity contribution in [1.29, 1.82) is 0 Å². The van der Waals surface area contributed by atoms with E-state index in [0.29, 0.717) is 10.8 Å². The van der Waals surface area contributed by atoms with Crippen molar-refractivity contribution in [1.82, 2.24) is 4.31 Å². The first kappa shape index (κ1) is 15.3. The Morgan fingerprint density at radius 2 is 1.76 bits per heavy atom. The molecule has 1 aromatic rings. The van der Waals surface area contributed by atoms with Crippen LogP contribution in [0.3, 0.4) is 0 Å². The number of halogens is 1. The average Bonchev–Trinajstić information content (AvgIpc) is 2.74. The summed E-state index contributed by atoms with van der Waals surface area (Å²) in [6.45, 7) is 0. The molecule has 2 bridgehead atoms. The molecule has 21 heavy (non-hydrogen) atoms. The van der Waals surface area contributed by atoms with Crippen molar-refractivity contribution in [2.45, 2.75) is 48.8 Å². The fraction of sp³-hybridized carbons (Fsp3) is 0.600. The molecule has 2 heterocycles. The van der Waals surface area contributed by atoms with E-state index in [1.54, 1.807) is 16.4 Å². The fourth-order valence-corrected chi connectivity index (χ4v) is 6.48. The van der Waals surface area contributed by atoms with Crippen LogP contribution in [0.4, 0.5) is 4.39 Å². The minimum Gasteiger partial charge on any atom is -0.212 e. The molecule has 0 amide bonds. The van der Waals surface area contributed by atoms with Gasteiger partial charge >= 0.3 is 0 Å². The van der Waals surface area contributed by atoms with Crippen LogP contribution >= 0.6 is 11.8 Å². The van der Waals surface area contributed by atoms with Crippen LogP contribution in [-0.4, -0.2) is 36.3 Å². The number of rotatable bonds is 4. The van der Waals surface area contributed by atoms with Crippen LogP contribution in [0.15, 0.2) is 24.3 Å². The summed E-state index contributed by atoms with van der Waals surface area (Å²) >= 11 is 1.85. The number of hydrogen-bond donors (Lipinski definition) is 0. The van der Waals surface area contributed by atoms with E-state index < -0.39 is 10.0 Å². The number of benzene rings is 1. The van der Waals surface area contributed by atoms with Crippen LogP contribution in [0.5, 0.6) is 0 Å². The third-order valence-electron chi connectivity index (χ3n) is 4.54. The molecule has 2 aliphatic rings. The third-order valence-corrected chi connectivity index (χ3v) is 7.53. The lowest BCUT2D eigenvalue weighted by atomic mass is 10.1. The summed E-state index contributed by atoms with van der Waals surface area (Å²) in [7, 11) is -3.32. The van der Waals surface area contributed by atoms with Crippen molar-refractivity contribution in [2.24, 2.45) is 0 Å². The maximum atomic E-state index is 12.9. The second kappa shape index (κ2) is 5.89. The van der Waals surface area contributed by atoms with Crippen molar-refractivity contribution in [3.8, 4) is 0 Å². The molecule has 0 aliphatic carbocycles. The molecule has 6 heteroatoms. The van der Waals surface area contributed by atoms with Gasteiger partial charge in [0.1, 0.15) is 5.82 Å². The Labute approximate surface area is 130 Å². The topological polar surface area (TPSA) is 37.4 Å². The predicted molar refractivity (Wildman–Crippen MR) is 84.2 cm³/mol. The van der Waals surface area contributed by atoms with E-state index in [-0.39, 0.29) is 23.7 Å². The van der Waals surface area contributed by atoms with E-state index in [0.717, 1.165) is 25.7 Å². The second-order valence-electron chi connectivity index (χ2n) is 5.93. The first-order valence-corrected chi connectivity index (χ1v) is 10.2. The molecule has 3 nitrogen and oxygen atoms in total. The highest BCUT2D eigenvalue weighted by Crippen LogP contribution is 2.41. The summed E-state index contributed by atoms with van der Waals surface area (Å²) < 4.78 is 40.1. The van der Waals surface area contributed by atoms with Gasteiger partial charge in [-0.05, 0) is 49.6 Å². The van der Waals surface area contributed by atoms with Gasteiger partial charge in [0.2, 0.25) is 10.0 Å². The normalized spacial score (nSPS) is 29.7.